The summed E-state index contributed by atoms with van der Waals surface area (Å²) in [5.74, 6) is 0. The van der Waals surface area contributed by atoms with Crippen molar-refractivity contribution in [3.05, 3.63) is 72.3 Å². The molecular weight excluding hydrogens is 320 g/mol. The van der Waals surface area contributed by atoms with Crippen LogP contribution in [0, 0.1) is 30.3 Å². The molecule has 2 aromatic rings. The van der Waals surface area contributed by atoms with Gasteiger partial charge < -0.3 is 5.32 Å². The van der Waals surface area contributed by atoms with Gasteiger partial charge in [0.1, 0.15) is 0 Å². The lowest BCUT2D eigenvalue weighted by Crippen LogP contribution is -2.04. The Hall–Kier alpha value is -3.56. The molecule has 1 N–H and O–H groups in total. The van der Waals surface area contributed by atoms with Gasteiger partial charge in [-0.1, -0.05) is 25.1 Å². The van der Waals surface area contributed by atoms with E-state index in [1.807, 2.05) is 6.92 Å². The van der Waals surface area contributed by atoms with Crippen molar-refractivity contribution in [2.24, 2.45) is 0 Å². The number of rotatable bonds is 6. The predicted molar refractivity (Wildman–Crippen MR) is 85.5 cm³/mol. The number of nitro groups is 3. The largest absolute Gasteiger partial charge is 0.344 e. The van der Waals surface area contributed by atoms with Crippen LogP contribution in [0.2, 0.25) is 0 Å². The molecule has 0 saturated carbocycles. The molecule has 0 fully saturated rings. The highest BCUT2D eigenvalue weighted by molar-refractivity contribution is 5.82. The minimum Gasteiger partial charge on any atom is -0.344 e. The quantitative estimate of drug-likeness (QED) is 0.627. The van der Waals surface area contributed by atoms with Crippen LogP contribution in [0.5, 0.6) is 0 Å². The number of benzene rings is 2. The molecule has 0 aliphatic rings. The second-order valence-electron chi connectivity index (χ2n) is 4.77. The van der Waals surface area contributed by atoms with Crippen LogP contribution in [0.3, 0.4) is 0 Å². The predicted octanol–water partition coefficient (Wildman–Crippen LogP) is 3.72. The third kappa shape index (κ3) is 3.27. The summed E-state index contributed by atoms with van der Waals surface area (Å²) in [5.41, 5.74) is -1.33. The number of nitro benzene ring substituents is 3. The SMILES string of the molecule is CCc1ccccc1Nc1c([N+](=O)[O-])cc([N+](=O)[O-])cc1[N+](=O)[O-]. The van der Waals surface area contributed by atoms with E-state index in [1.54, 1.807) is 24.3 Å². The van der Waals surface area contributed by atoms with Gasteiger partial charge in [0.15, 0.2) is 5.69 Å². The smallest absolute Gasteiger partial charge is 0.306 e. The zero-order valence-corrected chi connectivity index (χ0v) is 12.5. The van der Waals surface area contributed by atoms with E-state index in [4.69, 9.17) is 0 Å². The van der Waals surface area contributed by atoms with Crippen molar-refractivity contribution in [3.8, 4) is 0 Å². The van der Waals surface area contributed by atoms with E-state index in [-0.39, 0.29) is 0 Å². The summed E-state index contributed by atoms with van der Waals surface area (Å²) >= 11 is 0. The molecule has 0 aromatic heterocycles. The third-order valence-corrected chi connectivity index (χ3v) is 3.34. The number of nitrogens with zero attached hydrogens (tertiary/aromatic N) is 3. The fourth-order valence-corrected chi connectivity index (χ4v) is 2.20. The number of para-hydroxylation sites is 1. The highest BCUT2D eigenvalue weighted by Crippen LogP contribution is 2.40. The van der Waals surface area contributed by atoms with E-state index < -0.39 is 37.5 Å². The molecule has 24 heavy (non-hydrogen) atoms. The Labute approximate surface area is 135 Å². The maximum absolute atomic E-state index is 11.2. The number of non-ortho nitro benzene ring substituents is 1. The first-order chi connectivity index (χ1) is 11.3. The van der Waals surface area contributed by atoms with Crippen molar-refractivity contribution in [2.45, 2.75) is 13.3 Å². The van der Waals surface area contributed by atoms with Gasteiger partial charge in [-0.25, -0.2) is 0 Å². The van der Waals surface area contributed by atoms with Gasteiger partial charge in [0, 0.05) is 5.69 Å². The summed E-state index contributed by atoms with van der Waals surface area (Å²) < 4.78 is 0. The fraction of sp³-hybridized carbons (Fsp3) is 0.143. The lowest BCUT2D eigenvalue weighted by atomic mass is 10.1. The first-order valence-electron chi connectivity index (χ1n) is 6.81. The molecule has 0 spiro atoms. The first-order valence-corrected chi connectivity index (χ1v) is 6.81. The molecule has 0 heterocycles. The van der Waals surface area contributed by atoms with Gasteiger partial charge in [-0.05, 0) is 18.1 Å². The zero-order chi connectivity index (χ0) is 17.9. The summed E-state index contributed by atoms with van der Waals surface area (Å²) in [6, 6.07) is 8.22. The number of hydrogen-bond donors (Lipinski definition) is 1. The van der Waals surface area contributed by atoms with Crippen LogP contribution in [0.1, 0.15) is 12.5 Å². The van der Waals surface area contributed by atoms with Crippen LogP contribution in [-0.2, 0) is 6.42 Å². The average Bonchev–Trinajstić information content (AvgIpc) is 2.54. The Bertz CT molecular complexity index is 801. The Morgan fingerprint density at radius 1 is 0.917 bits per heavy atom. The van der Waals surface area contributed by atoms with Crippen molar-refractivity contribution in [1.82, 2.24) is 0 Å². The summed E-state index contributed by atoms with van der Waals surface area (Å²) in [7, 11) is 0. The van der Waals surface area contributed by atoms with Crippen molar-refractivity contribution in [1.29, 1.82) is 0 Å². The molecule has 0 bridgehead atoms. The van der Waals surface area contributed by atoms with Crippen molar-refractivity contribution in [3.63, 3.8) is 0 Å². The molecule has 0 atom stereocenters. The van der Waals surface area contributed by atoms with E-state index in [1.165, 1.54) is 0 Å². The molecule has 2 rings (SSSR count). The van der Waals surface area contributed by atoms with E-state index in [2.05, 4.69) is 5.32 Å². The van der Waals surface area contributed by atoms with E-state index in [0.717, 1.165) is 5.56 Å². The Morgan fingerprint density at radius 3 is 1.92 bits per heavy atom. The van der Waals surface area contributed by atoms with Crippen molar-refractivity contribution in [2.75, 3.05) is 5.32 Å². The molecule has 2 aromatic carbocycles. The van der Waals surface area contributed by atoms with E-state index in [0.29, 0.717) is 24.2 Å². The Kier molecular flexibility index (Phi) is 4.68. The number of nitrogens with one attached hydrogen (secondary N) is 1. The topological polar surface area (TPSA) is 141 Å². The van der Waals surface area contributed by atoms with Crippen molar-refractivity contribution >= 4 is 28.4 Å². The number of aryl methyl sites for hydroxylation is 1. The van der Waals surface area contributed by atoms with Gasteiger partial charge in [0.05, 0.1) is 26.9 Å². The highest BCUT2D eigenvalue weighted by atomic mass is 16.6. The van der Waals surface area contributed by atoms with Crippen LogP contribution in [0.15, 0.2) is 36.4 Å². The summed E-state index contributed by atoms with van der Waals surface area (Å²) in [6.45, 7) is 1.86. The van der Waals surface area contributed by atoms with Crippen LogP contribution < -0.4 is 5.32 Å². The second kappa shape index (κ2) is 6.69. The third-order valence-electron chi connectivity index (χ3n) is 3.34. The molecular formula is C14H12N4O6. The van der Waals surface area contributed by atoms with Gasteiger partial charge in [-0.3, -0.25) is 30.3 Å². The molecule has 124 valence electrons. The monoisotopic (exact) mass is 332 g/mol. The van der Waals surface area contributed by atoms with Crippen molar-refractivity contribution < 1.29 is 14.8 Å². The Balaban J connectivity index is 2.69. The maximum Gasteiger partial charge on any atom is 0.306 e. The zero-order valence-electron chi connectivity index (χ0n) is 12.5. The normalized spacial score (nSPS) is 10.2. The van der Waals surface area contributed by atoms with Gasteiger partial charge in [-0.15, -0.1) is 0 Å². The molecule has 10 nitrogen and oxygen atoms in total. The number of hydrogen-bond acceptors (Lipinski definition) is 7. The fourth-order valence-electron chi connectivity index (χ4n) is 2.20. The number of anilines is 2. The second-order valence-corrected chi connectivity index (χ2v) is 4.77. The molecule has 0 aliphatic heterocycles. The highest BCUT2D eigenvalue weighted by Gasteiger charge is 2.30. The van der Waals surface area contributed by atoms with Crippen LogP contribution >= 0.6 is 0 Å². The van der Waals surface area contributed by atoms with Gasteiger partial charge in [-0.2, -0.15) is 0 Å². The minimum atomic E-state index is -0.913. The lowest BCUT2D eigenvalue weighted by Gasteiger charge is -2.11. The molecule has 0 aliphatic carbocycles. The molecule has 0 amide bonds. The summed E-state index contributed by atoms with van der Waals surface area (Å²) in [6.07, 6.45) is 0.595. The van der Waals surface area contributed by atoms with E-state index in [9.17, 15) is 30.3 Å². The summed E-state index contributed by atoms with van der Waals surface area (Å²) in [5, 5.41) is 36.0. The van der Waals surface area contributed by atoms with Crippen LogP contribution in [0.4, 0.5) is 28.4 Å². The van der Waals surface area contributed by atoms with Gasteiger partial charge in [0.2, 0.25) is 0 Å². The first kappa shape index (κ1) is 16.8. The van der Waals surface area contributed by atoms with Gasteiger partial charge in [0.25, 0.3) is 5.69 Å². The van der Waals surface area contributed by atoms with Crippen LogP contribution in [-0.4, -0.2) is 14.8 Å². The maximum atomic E-state index is 11.2. The standard InChI is InChI=1S/C14H12N4O6/c1-2-9-5-3-4-6-11(9)15-14-12(17(21)22)7-10(16(19)20)8-13(14)18(23)24/h3-8,15H,2H2,1H3. The Morgan fingerprint density at radius 2 is 1.46 bits per heavy atom. The molecule has 0 saturated heterocycles. The van der Waals surface area contributed by atoms with Crippen LogP contribution in [0.25, 0.3) is 0 Å². The molecule has 10 heteroatoms. The molecule has 0 radical (unpaired) electrons. The minimum absolute atomic E-state index is 0.392. The van der Waals surface area contributed by atoms with E-state index >= 15 is 0 Å². The lowest BCUT2D eigenvalue weighted by molar-refractivity contribution is -0.401. The van der Waals surface area contributed by atoms with Gasteiger partial charge >= 0.3 is 11.4 Å². The summed E-state index contributed by atoms with van der Waals surface area (Å²) in [4.78, 5) is 30.6. The molecule has 0 unspecified atom stereocenters. The average molecular weight is 332 g/mol.